The molecule has 2 rings (SSSR count). The first-order valence-corrected chi connectivity index (χ1v) is 14.5. The molecule has 3 amide bonds. The Labute approximate surface area is 243 Å². The molecule has 9 N–H and O–H groups in total. The van der Waals surface area contributed by atoms with Crippen LogP contribution in [0.5, 0.6) is 0 Å². The number of unbranched alkanes of at least 4 members (excludes halogenated alkanes) is 2. The molecule has 2 aromatic rings. The molecule has 2 aromatic carbocycles. The third-order valence-corrected chi connectivity index (χ3v) is 6.54. The van der Waals surface area contributed by atoms with Crippen molar-refractivity contribution >= 4 is 23.7 Å². The summed E-state index contributed by atoms with van der Waals surface area (Å²) in [5.74, 6) is -0.674. The lowest BCUT2D eigenvalue weighted by Gasteiger charge is -2.24. The number of carbonyl (C=O) groups excluding carboxylic acids is 3. The predicted molar refractivity (Wildman–Crippen MR) is 165 cm³/mol. The van der Waals surface area contributed by atoms with Gasteiger partial charge in [0.2, 0.25) is 17.7 Å². The standard InChI is InChI=1S/C31H47N7O3/c1-22(2)20-27(37-28(39)21-23-13-15-25(16-14-23)24-10-4-3-5-11-24)30(41)38-26(12-6-7-17-32)29(40)35-18-8-9-19-36-31(33)34/h3-5,10-11,13-16,22,26-27H,6-9,12,17-21,32H2,1-2H3,(H,35,40)(H,37,39)(H,38,41)(H4,33,34,36)/t26-,27-/m0/s1. The molecular formula is C31H47N7O3. The van der Waals surface area contributed by atoms with Crippen LogP contribution in [0.3, 0.4) is 0 Å². The van der Waals surface area contributed by atoms with Gasteiger partial charge in [0.15, 0.2) is 5.96 Å². The molecule has 0 aliphatic heterocycles. The number of nitrogens with zero attached hydrogens (tertiary/aromatic N) is 1. The van der Waals surface area contributed by atoms with Crippen molar-refractivity contribution in [2.75, 3.05) is 19.6 Å². The van der Waals surface area contributed by atoms with Gasteiger partial charge in [0.25, 0.3) is 0 Å². The van der Waals surface area contributed by atoms with Crippen LogP contribution in [0.15, 0.2) is 59.6 Å². The zero-order valence-electron chi connectivity index (χ0n) is 24.4. The number of carbonyl (C=O) groups is 3. The van der Waals surface area contributed by atoms with Gasteiger partial charge in [-0.25, -0.2) is 0 Å². The van der Waals surface area contributed by atoms with Gasteiger partial charge in [-0.2, -0.15) is 0 Å². The van der Waals surface area contributed by atoms with E-state index in [1.165, 1.54) is 0 Å². The van der Waals surface area contributed by atoms with Gasteiger partial charge in [-0.1, -0.05) is 68.4 Å². The lowest BCUT2D eigenvalue weighted by atomic mass is 10.0. The predicted octanol–water partition coefficient (Wildman–Crippen LogP) is 2.21. The molecule has 0 radical (unpaired) electrons. The number of amides is 3. The number of rotatable bonds is 18. The molecule has 41 heavy (non-hydrogen) atoms. The molecule has 0 aliphatic carbocycles. The molecule has 0 aliphatic rings. The topological polar surface area (TPSA) is 178 Å². The van der Waals surface area contributed by atoms with Crippen LogP contribution in [-0.2, 0) is 20.8 Å². The van der Waals surface area contributed by atoms with E-state index in [0.29, 0.717) is 45.3 Å². The van der Waals surface area contributed by atoms with E-state index in [0.717, 1.165) is 29.5 Å². The molecule has 10 heteroatoms. The van der Waals surface area contributed by atoms with E-state index in [1.54, 1.807) is 0 Å². The molecule has 0 saturated carbocycles. The Kier molecular flexibility index (Phi) is 15.0. The van der Waals surface area contributed by atoms with Crippen molar-refractivity contribution < 1.29 is 14.4 Å². The highest BCUT2D eigenvalue weighted by atomic mass is 16.2. The van der Waals surface area contributed by atoms with Gasteiger partial charge < -0.3 is 33.2 Å². The van der Waals surface area contributed by atoms with Crippen LogP contribution >= 0.6 is 0 Å². The minimum atomic E-state index is -0.754. The monoisotopic (exact) mass is 565 g/mol. The van der Waals surface area contributed by atoms with Crippen LogP contribution in [0.25, 0.3) is 11.1 Å². The highest BCUT2D eigenvalue weighted by Gasteiger charge is 2.27. The van der Waals surface area contributed by atoms with Crippen molar-refractivity contribution in [1.29, 1.82) is 0 Å². The van der Waals surface area contributed by atoms with E-state index in [1.807, 2.05) is 68.4 Å². The van der Waals surface area contributed by atoms with Gasteiger partial charge in [0.1, 0.15) is 12.1 Å². The van der Waals surface area contributed by atoms with E-state index in [4.69, 9.17) is 17.2 Å². The fraction of sp³-hybridized carbons (Fsp3) is 0.484. The largest absolute Gasteiger partial charge is 0.370 e. The van der Waals surface area contributed by atoms with Crippen LogP contribution in [0, 0.1) is 5.92 Å². The summed E-state index contributed by atoms with van der Waals surface area (Å²) in [6.07, 6.45) is 3.92. The Morgan fingerprint density at radius 3 is 2.12 bits per heavy atom. The molecular weight excluding hydrogens is 518 g/mol. The second kappa shape index (κ2) is 18.4. The summed E-state index contributed by atoms with van der Waals surface area (Å²) in [6.45, 7) is 5.41. The molecule has 10 nitrogen and oxygen atoms in total. The first-order valence-electron chi connectivity index (χ1n) is 14.5. The normalized spacial score (nSPS) is 12.3. The molecule has 0 fully saturated rings. The van der Waals surface area contributed by atoms with Crippen LogP contribution in [0.1, 0.15) is 57.9 Å². The van der Waals surface area contributed by atoms with Crippen molar-refractivity contribution in [2.24, 2.45) is 28.1 Å². The zero-order valence-corrected chi connectivity index (χ0v) is 24.4. The van der Waals surface area contributed by atoms with Gasteiger partial charge >= 0.3 is 0 Å². The summed E-state index contributed by atoms with van der Waals surface area (Å²) in [7, 11) is 0. The number of aliphatic imine (C=N–C) groups is 1. The summed E-state index contributed by atoms with van der Waals surface area (Å²) in [5.41, 5.74) is 19.3. The second-order valence-electron chi connectivity index (χ2n) is 10.6. The Hall–Kier alpha value is -3.92. The Morgan fingerprint density at radius 2 is 1.49 bits per heavy atom. The lowest BCUT2D eigenvalue weighted by molar-refractivity contribution is -0.132. The van der Waals surface area contributed by atoms with Crippen molar-refractivity contribution in [2.45, 2.75) is 70.9 Å². The fourth-order valence-corrected chi connectivity index (χ4v) is 4.39. The number of hydrogen-bond acceptors (Lipinski definition) is 5. The van der Waals surface area contributed by atoms with Crippen LogP contribution in [0.2, 0.25) is 0 Å². The maximum absolute atomic E-state index is 13.3. The molecule has 0 unspecified atom stereocenters. The van der Waals surface area contributed by atoms with Crippen LogP contribution in [0.4, 0.5) is 0 Å². The summed E-state index contributed by atoms with van der Waals surface area (Å²) in [6, 6.07) is 16.4. The molecule has 0 bridgehead atoms. The average Bonchev–Trinajstić information content (AvgIpc) is 2.94. The van der Waals surface area contributed by atoms with Gasteiger partial charge in [0.05, 0.1) is 6.42 Å². The zero-order chi connectivity index (χ0) is 30.0. The SMILES string of the molecule is CC(C)C[C@H](NC(=O)Cc1ccc(-c2ccccc2)cc1)C(=O)N[C@@H](CCCCN)C(=O)NCCCCN=C(N)N. The van der Waals surface area contributed by atoms with Crippen molar-refractivity contribution in [3.05, 3.63) is 60.2 Å². The van der Waals surface area contributed by atoms with E-state index in [-0.39, 0.29) is 36.0 Å². The van der Waals surface area contributed by atoms with Gasteiger partial charge in [-0.15, -0.1) is 0 Å². The summed E-state index contributed by atoms with van der Waals surface area (Å²) < 4.78 is 0. The van der Waals surface area contributed by atoms with Gasteiger partial charge in [-0.3, -0.25) is 19.4 Å². The van der Waals surface area contributed by atoms with Crippen molar-refractivity contribution in [3.63, 3.8) is 0 Å². The summed E-state index contributed by atoms with van der Waals surface area (Å²) in [4.78, 5) is 43.2. The third kappa shape index (κ3) is 13.3. The molecule has 2 atom stereocenters. The quantitative estimate of drug-likeness (QED) is 0.0916. The lowest BCUT2D eigenvalue weighted by Crippen LogP contribution is -2.54. The van der Waals surface area contributed by atoms with Gasteiger partial charge in [0, 0.05) is 13.1 Å². The molecule has 0 spiro atoms. The van der Waals surface area contributed by atoms with Crippen molar-refractivity contribution in [1.82, 2.24) is 16.0 Å². The Bertz CT molecular complexity index is 1100. The average molecular weight is 566 g/mol. The summed E-state index contributed by atoms with van der Waals surface area (Å²) in [5, 5.41) is 8.67. The maximum atomic E-state index is 13.3. The van der Waals surface area contributed by atoms with Crippen LogP contribution < -0.4 is 33.2 Å². The molecule has 224 valence electrons. The summed E-state index contributed by atoms with van der Waals surface area (Å²) >= 11 is 0. The number of guanidine groups is 1. The van der Waals surface area contributed by atoms with E-state index in [9.17, 15) is 14.4 Å². The number of nitrogens with one attached hydrogen (secondary N) is 3. The highest BCUT2D eigenvalue weighted by Crippen LogP contribution is 2.19. The number of hydrogen-bond donors (Lipinski definition) is 6. The Morgan fingerprint density at radius 1 is 0.805 bits per heavy atom. The molecule has 0 aromatic heterocycles. The smallest absolute Gasteiger partial charge is 0.243 e. The fourth-order valence-electron chi connectivity index (χ4n) is 4.39. The minimum Gasteiger partial charge on any atom is -0.370 e. The van der Waals surface area contributed by atoms with Gasteiger partial charge in [-0.05, 0) is 67.7 Å². The number of benzene rings is 2. The number of nitrogens with two attached hydrogens (primary N) is 3. The Balaban J connectivity index is 1.98. The molecule has 0 saturated heterocycles. The van der Waals surface area contributed by atoms with Crippen LogP contribution in [-0.4, -0.2) is 55.4 Å². The first-order chi connectivity index (χ1) is 19.7. The molecule has 0 heterocycles. The minimum absolute atomic E-state index is 0.0423. The van der Waals surface area contributed by atoms with E-state index >= 15 is 0 Å². The first kappa shape index (κ1) is 33.3. The van der Waals surface area contributed by atoms with Crippen molar-refractivity contribution in [3.8, 4) is 11.1 Å². The second-order valence-corrected chi connectivity index (χ2v) is 10.6. The maximum Gasteiger partial charge on any atom is 0.243 e. The van der Waals surface area contributed by atoms with E-state index < -0.39 is 12.1 Å². The highest BCUT2D eigenvalue weighted by molar-refractivity contribution is 5.92. The van der Waals surface area contributed by atoms with E-state index in [2.05, 4.69) is 20.9 Å². The third-order valence-electron chi connectivity index (χ3n) is 6.54.